The van der Waals surface area contributed by atoms with E-state index in [1.54, 1.807) is 31.2 Å². The maximum absolute atomic E-state index is 11.9. The van der Waals surface area contributed by atoms with Gasteiger partial charge in [0, 0.05) is 5.69 Å². The van der Waals surface area contributed by atoms with E-state index in [0.717, 1.165) is 0 Å². The molecule has 1 aromatic carbocycles. The molecule has 0 spiro atoms. The van der Waals surface area contributed by atoms with Crippen molar-refractivity contribution in [1.82, 2.24) is 5.48 Å². The summed E-state index contributed by atoms with van der Waals surface area (Å²) >= 11 is 0. The van der Waals surface area contributed by atoms with Gasteiger partial charge in [-0.3, -0.25) is 4.84 Å². The maximum atomic E-state index is 11.9. The van der Waals surface area contributed by atoms with E-state index in [2.05, 4.69) is 15.6 Å². The number of alkyl halides is 3. The number of carbonyl (C=O) groups is 1. The van der Waals surface area contributed by atoms with Gasteiger partial charge < -0.3 is 11.1 Å². The van der Waals surface area contributed by atoms with Gasteiger partial charge in [0.2, 0.25) is 0 Å². The van der Waals surface area contributed by atoms with Gasteiger partial charge in [-0.2, -0.15) is 18.7 Å². The normalized spacial score (nSPS) is 13.1. The minimum Gasteiger partial charge on any atom is -0.351 e. The standard InChI is InChI=1S/C11H14F3N3O2/c1-7(17-19-6-11(12,13)14)8-2-4-9(5-3-8)16-10(15)18/h2-5,7,17H,6H2,1H3,(H3,15,16,18). The van der Waals surface area contributed by atoms with Gasteiger partial charge in [0.05, 0.1) is 6.04 Å². The summed E-state index contributed by atoms with van der Waals surface area (Å²) < 4.78 is 35.6. The van der Waals surface area contributed by atoms with Gasteiger partial charge in [0.15, 0.2) is 6.61 Å². The Kier molecular flexibility index (Phi) is 5.13. The van der Waals surface area contributed by atoms with E-state index in [9.17, 15) is 18.0 Å². The first-order valence-electron chi connectivity index (χ1n) is 5.38. The first kappa shape index (κ1) is 15.3. The molecule has 1 atom stereocenters. The second-order valence-corrected chi connectivity index (χ2v) is 3.85. The molecule has 0 saturated heterocycles. The van der Waals surface area contributed by atoms with Crippen molar-refractivity contribution < 1.29 is 22.8 Å². The third-order valence-electron chi connectivity index (χ3n) is 2.17. The first-order valence-corrected chi connectivity index (χ1v) is 5.38. The number of rotatable bonds is 5. The number of hydroxylamine groups is 1. The van der Waals surface area contributed by atoms with Crippen LogP contribution in [-0.2, 0) is 4.84 Å². The number of carbonyl (C=O) groups excluding carboxylic acids is 1. The number of hydrogen-bond acceptors (Lipinski definition) is 3. The number of urea groups is 1. The second kappa shape index (κ2) is 6.39. The second-order valence-electron chi connectivity index (χ2n) is 3.85. The molecule has 4 N–H and O–H groups in total. The molecular weight excluding hydrogens is 263 g/mol. The number of benzene rings is 1. The van der Waals surface area contributed by atoms with Crippen molar-refractivity contribution in [2.75, 3.05) is 11.9 Å². The van der Waals surface area contributed by atoms with Crippen LogP contribution in [0.15, 0.2) is 24.3 Å². The number of nitrogens with two attached hydrogens (primary N) is 1. The third-order valence-corrected chi connectivity index (χ3v) is 2.17. The summed E-state index contributed by atoms with van der Waals surface area (Å²) in [6, 6.07) is 5.33. The summed E-state index contributed by atoms with van der Waals surface area (Å²) in [7, 11) is 0. The minimum atomic E-state index is -4.37. The third kappa shape index (κ3) is 6.07. The molecule has 1 aromatic rings. The number of hydrogen-bond donors (Lipinski definition) is 3. The molecule has 0 aliphatic heterocycles. The molecule has 0 bridgehead atoms. The van der Waals surface area contributed by atoms with Gasteiger partial charge >= 0.3 is 12.2 Å². The van der Waals surface area contributed by atoms with Gasteiger partial charge in [-0.1, -0.05) is 12.1 Å². The molecule has 2 amide bonds. The maximum Gasteiger partial charge on any atom is 0.413 e. The van der Waals surface area contributed by atoms with Crippen LogP contribution in [0.3, 0.4) is 0 Å². The lowest BCUT2D eigenvalue weighted by molar-refractivity contribution is -0.192. The molecule has 0 fully saturated rings. The van der Waals surface area contributed by atoms with E-state index in [4.69, 9.17) is 5.73 Å². The van der Waals surface area contributed by atoms with E-state index < -0.39 is 24.9 Å². The largest absolute Gasteiger partial charge is 0.413 e. The molecule has 5 nitrogen and oxygen atoms in total. The molecule has 0 aliphatic rings. The Morgan fingerprint density at radius 2 is 1.95 bits per heavy atom. The molecule has 1 unspecified atom stereocenters. The lowest BCUT2D eigenvalue weighted by atomic mass is 10.1. The van der Waals surface area contributed by atoms with Gasteiger partial charge in [-0.05, 0) is 24.6 Å². The van der Waals surface area contributed by atoms with E-state index in [1.165, 1.54) is 0 Å². The predicted molar refractivity (Wildman–Crippen MR) is 63.2 cm³/mol. The van der Waals surface area contributed by atoms with Crippen molar-refractivity contribution in [2.24, 2.45) is 5.73 Å². The monoisotopic (exact) mass is 277 g/mol. The van der Waals surface area contributed by atoms with Crippen molar-refractivity contribution in [3.63, 3.8) is 0 Å². The fourth-order valence-corrected chi connectivity index (χ4v) is 1.31. The molecule has 0 heterocycles. The predicted octanol–water partition coefficient (Wildman–Crippen LogP) is 2.32. The van der Waals surface area contributed by atoms with E-state index in [-0.39, 0.29) is 0 Å². The zero-order chi connectivity index (χ0) is 14.5. The smallest absolute Gasteiger partial charge is 0.351 e. The van der Waals surface area contributed by atoms with Crippen LogP contribution in [0.5, 0.6) is 0 Å². The Morgan fingerprint density at radius 1 is 1.37 bits per heavy atom. The van der Waals surface area contributed by atoms with E-state index >= 15 is 0 Å². The lowest BCUT2D eigenvalue weighted by Gasteiger charge is -2.15. The molecule has 8 heteroatoms. The number of primary amides is 1. The molecule has 0 aromatic heterocycles. The van der Waals surface area contributed by atoms with Crippen LogP contribution in [-0.4, -0.2) is 18.8 Å². The Balaban J connectivity index is 2.48. The number of amides is 2. The molecule has 1 rings (SSSR count). The Labute approximate surface area is 107 Å². The Morgan fingerprint density at radius 3 is 2.42 bits per heavy atom. The van der Waals surface area contributed by atoms with E-state index in [0.29, 0.717) is 11.3 Å². The summed E-state index contributed by atoms with van der Waals surface area (Å²) in [5.74, 6) is 0. The van der Waals surface area contributed by atoms with Gasteiger partial charge in [-0.15, -0.1) is 0 Å². The highest BCUT2D eigenvalue weighted by atomic mass is 19.4. The van der Waals surface area contributed by atoms with Crippen LogP contribution < -0.4 is 16.5 Å². The molecule has 0 aliphatic carbocycles. The van der Waals surface area contributed by atoms with Crippen molar-refractivity contribution >= 4 is 11.7 Å². The van der Waals surface area contributed by atoms with Gasteiger partial charge in [0.25, 0.3) is 0 Å². The number of anilines is 1. The highest BCUT2D eigenvalue weighted by molar-refractivity contribution is 5.87. The molecule has 19 heavy (non-hydrogen) atoms. The first-order chi connectivity index (χ1) is 8.78. The van der Waals surface area contributed by atoms with Crippen molar-refractivity contribution in [2.45, 2.75) is 19.1 Å². The average molecular weight is 277 g/mol. The topological polar surface area (TPSA) is 76.4 Å². The van der Waals surface area contributed by atoms with Crippen molar-refractivity contribution in [1.29, 1.82) is 0 Å². The van der Waals surface area contributed by atoms with Crippen LogP contribution in [0.4, 0.5) is 23.7 Å². The fourth-order valence-electron chi connectivity index (χ4n) is 1.31. The highest BCUT2D eigenvalue weighted by Crippen LogP contribution is 2.17. The Bertz CT molecular complexity index is 420. The molecule has 0 saturated carbocycles. The highest BCUT2D eigenvalue weighted by Gasteiger charge is 2.28. The van der Waals surface area contributed by atoms with Crippen LogP contribution in [0.1, 0.15) is 18.5 Å². The van der Waals surface area contributed by atoms with Crippen molar-refractivity contribution in [3.8, 4) is 0 Å². The molecule has 0 radical (unpaired) electrons. The summed E-state index contributed by atoms with van der Waals surface area (Å²) in [4.78, 5) is 14.9. The number of nitrogens with one attached hydrogen (secondary N) is 2. The number of halogens is 3. The quantitative estimate of drug-likeness (QED) is 0.723. The molecular formula is C11H14F3N3O2. The fraction of sp³-hybridized carbons (Fsp3) is 0.364. The van der Waals surface area contributed by atoms with Crippen LogP contribution in [0.2, 0.25) is 0 Å². The lowest BCUT2D eigenvalue weighted by Crippen LogP contribution is -2.26. The Hall–Kier alpha value is -1.80. The van der Waals surface area contributed by atoms with Crippen LogP contribution in [0, 0.1) is 0 Å². The SMILES string of the molecule is CC(NOCC(F)(F)F)c1ccc(NC(N)=O)cc1. The minimum absolute atomic E-state index is 0.426. The van der Waals surface area contributed by atoms with E-state index in [1.807, 2.05) is 0 Å². The van der Waals surface area contributed by atoms with Gasteiger partial charge in [0.1, 0.15) is 0 Å². The average Bonchev–Trinajstić information content (AvgIpc) is 2.27. The zero-order valence-electron chi connectivity index (χ0n) is 10.1. The summed E-state index contributed by atoms with van der Waals surface area (Å²) in [5, 5.41) is 2.37. The summed E-state index contributed by atoms with van der Waals surface area (Å²) in [5.41, 5.74) is 8.43. The van der Waals surface area contributed by atoms with Crippen LogP contribution in [0.25, 0.3) is 0 Å². The zero-order valence-corrected chi connectivity index (χ0v) is 10.1. The summed E-state index contributed by atoms with van der Waals surface area (Å²) in [6.45, 7) is 0.283. The van der Waals surface area contributed by atoms with Gasteiger partial charge in [-0.25, -0.2) is 4.79 Å². The van der Waals surface area contributed by atoms with Crippen LogP contribution >= 0.6 is 0 Å². The molecule has 106 valence electrons. The van der Waals surface area contributed by atoms with Crippen molar-refractivity contribution in [3.05, 3.63) is 29.8 Å². The summed E-state index contributed by atoms with van der Waals surface area (Å²) in [6.07, 6.45) is -4.37.